The number of hydrogen-bond donors (Lipinski definition) is 2. The van der Waals surface area contributed by atoms with Gasteiger partial charge in [0.2, 0.25) is 0 Å². The van der Waals surface area contributed by atoms with E-state index in [0.717, 1.165) is 5.56 Å². The third-order valence-corrected chi connectivity index (χ3v) is 2.65. The van der Waals surface area contributed by atoms with E-state index in [4.69, 9.17) is 17.3 Å². The van der Waals surface area contributed by atoms with Crippen molar-refractivity contribution in [1.29, 1.82) is 0 Å². The minimum atomic E-state index is -0.377. The zero-order valence-electron chi connectivity index (χ0n) is 9.04. The molecule has 0 aliphatic heterocycles. The Kier molecular flexibility index (Phi) is 3.10. The molecule has 0 aliphatic rings. The van der Waals surface area contributed by atoms with E-state index in [-0.39, 0.29) is 22.5 Å². The van der Waals surface area contributed by atoms with Crippen LogP contribution in [0.15, 0.2) is 24.5 Å². The topological polar surface area (TPSA) is 63.8 Å². The van der Waals surface area contributed by atoms with E-state index in [0.29, 0.717) is 5.69 Å². The number of benzene rings is 1. The second-order valence-corrected chi connectivity index (χ2v) is 3.86. The Balaban J connectivity index is 2.42. The van der Waals surface area contributed by atoms with Gasteiger partial charge >= 0.3 is 0 Å². The summed E-state index contributed by atoms with van der Waals surface area (Å²) in [6.07, 6.45) is 1.26. The van der Waals surface area contributed by atoms with Crippen LogP contribution >= 0.6 is 11.6 Å². The number of anilines is 3. The van der Waals surface area contributed by atoms with Crippen LogP contribution in [-0.2, 0) is 0 Å². The SMILES string of the molecule is Cc1cccc(F)c1Nc1ncnc(N)c1Cl. The van der Waals surface area contributed by atoms with Gasteiger partial charge in [0, 0.05) is 0 Å². The first-order chi connectivity index (χ1) is 8.09. The number of aryl methyl sites for hydroxylation is 1. The highest BCUT2D eigenvalue weighted by molar-refractivity contribution is 6.35. The van der Waals surface area contributed by atoms with Gasteiger partial charge in [-0.15, -0.1) is 0 Å². The molecule has 1 heterocycles. The Labute approximate surface area is 103 Å². The van der Waals surface area contributed by atoms with Crippen molar-refractivity contribution < 1.29 is 4.39 Å². The van der Waals surface area contributed by atoms with Crippen molar-refractivity contribution in [2.24, 2.45) is 0 Å². The van der Waals surface area contributed by atoms with E-state index in [1.54, 1.807) is 19.1 Å². The Morgan fingerprint density at radius 2 is 2.12 bits per heavy atom. The lowest BCUT2D eigenvalue weighted by atomic mass is 10.2. The predicted octanol–water partition coefficient (Wildman–Crippen LogP) is 2.90. The fourth-order valence-corrected chi connectivity index (χ4v) is 1.52. The first kappa shape index (κ1) is 11.6. The standard InChI is InChI=1S/C11H10ClFN4/c1-6-3-2-4-7(13)9(6)17-11-8(12)10(14)15-5-16-11/h2-5H,1H3,(H3,14,15,16,17). The average Bonchev–Trinajstić information content (AvgIpc) is 2.29. The molecule has 0 unspecified atom stereocenters. The van der Waals surface area contributed by atoms with Gasteiger partial charge in [-0.25, -0.2) is 14.4 Å². The maximum atomic E-state index is 13.6. The van der Waals surface area contributed by atoms with Gasteiger partial charge in [0.05, 0.1) is 5.69 Å². The lowest BCUT2D eigenvalue weighted by Crippen LogP contribution is -2.02. The van der Waals surface area contributed by atoms with Gasteiger partial charge in [-0.2, -0.15) is 0 Å². The molecular formula is C11H10ClFN4. The van der Waals surface area contributed by atoms with Crippen LogP contribution in [0.3, 0.4) is 0 Å². The largest absolute Gasteiger partial charge is 0.382 e. The fourth-order valence-electron chi connectivity index (χ4n) is 1.38. The minimum absolute atomic E-state index is 0.151. The molecule has 1 aromatic carbocycles. The van der Waals surface area contributed by atoms with Crippen LogP contribution in [0.1, 0.15) is 5.56 Å². The van der Waals surface area contributed by atoms with Gasteiger partial charge in [0.25, 0.3) is 0 Å². The molecule has 6 heteroatoms. The molecule has 0 saturated heterocycles. The van der Waals surface area contributed by atoms with Crippen LogP contribution in [0.2, 0.25) is 5.02 Å². The summed E-state index contributed by atoms with van der Waals surface area (Å²) in [5.74, 6) is 0.0591. The van der Waals surface area contributed by atoms with E-state index >= 15 is 0 Å². The molecule has 0 bridgehead atoms. The Morgan fingerprint density at radius 1 is 1.35 bits per heavy atom. The fraction of sp³-hybridized carbons (Fsp3) is 0.0909. The van der Waals surface area contributed by atoms with Crippen LogP contribution in [-0.4, -0.2) is 9.97 Å². The van der Waals surface area contributed by atoms with E-state index in [1.165, 1.54) is 12.4 Å². The normalized spacial score (nSPS) is 10.3. The van der Waals surface area contributed by atoms with Crippen molar-refractivity contribution in [3.63, 3.8) is 0 Å². The number of para-hydroxylation sites is 1. The maximum Gasteiger partial charge on any atom is 0.154 e. The molecule has 0 fully saturated rings. The zero-order valence-corrected chi connectivity index (χ0v) is 9.79. The van der Waals surface area contributed by atoms with Gasteiger partial charge in [0.1, 0.15) is 23.0 Å². The van der Waals surface area contributed by atoms with Crippen molar-refractivity contribution in [1.82, 2.24) is 9.97 Å². The van der Waals surface area contributed by atoms with Crippen LogP contribution in [0.25, 0.3) is 0 Å². The molecule has 17 heavy (non-hydrogen) atoms. The Morgan fingerprint density at radius 3 is 2.82 bits per heavy atom. The number of nitrogen functional groups attached to an aromatic ring is 1. The van der Waals surface area contributed by atoms with E-state index in [9.17, 15) is 4.39 Å². The van der Waals surface area contributed by atoms with Crippen molar-refractivity contribution in [2.75, 3.05) is 11.1 Å². The monoisotopic (exact) mass is 252 g/mol. The van der Waals surface area contributed by atoms with Gasteiger partial charge in [-0.05, 0) is 18.6 Å². The number of nitrogens with two attached hydrogens (primary N) is 1. The number of nitrogens with one attached hydrogen (secondary N) is 1. The third-order valence-electron chi connectivity index (χ3n) is 2.28. The first-order valence-electron chi connectivity index (χ1n) is 4.87. The van der Waals surface area contributed by atoms with Gasteiger partial charge in [-0.3, -0.25) is 0 Å². The molecule has 3 N–H and O–H groups in total. The molecule has 88 valence electrons. The van der Waals surface area contributed by atoms with Crippen molar-refractivity contribution in [3.05, 3.63) is 40.9 Å². The predicted molar refractivity (Wildman–Crippen MR) is 65.9 cm³/mol. The number of halogens is 2. The second-order valence-electron chi connectivity index (χ2n) is 3.48. The van der Waals surface area contributed by atoms with Crippen LogP contribution < -0.4 is 11.1 Å². The molecule has 2 aromatic rings. The number of nitrogens with zero attached hydrogens (tertiary/aromatic N) is 2. The lowest BCUT2D eigenvalue weighted by molar-refractivity contribution is 0.631. The quantitative estimate of drug-likeness (QED) is 0.863. The summed E-state index contributed by atoms with van der Waals surface area (Å²) in [6.45, 7) is 1.78. The molecule has 0 radical (unpaired) electrons. The highest BCUT2D eigenvalue weighted by Gasteiger charge is 2.10. The van der Waals surface area contributed by atoms with Gasteiger partial charge in [0.15, 0.2) is 5.82 Å². The van der Waals surface area contributed by atoms with Crippen LogP contribution in [0.4, 0.5) is 21.7 Å². The van der Waals surface area contributed by atoms with Crippen molar-refractivity contribution in [3.8, 4) is 0 Å². The summed E-state index contributed by atoms with van der Waals surface area (Å²) in [6, 6.07) is 4.77. The van der Waals surface area contributed by atoms with E-state index < -0.39 is 0 Å². The zero-order chi connectivity index (χ0) is 12.4. The summed E-state index contributed by atoms with van der Waals surface area (Å²) >= 11 is 5.91. The number of hydrogen-bond acceptors (Lipinski definition) is 4. The minimum Gasteiger partial charge on any atom is -0.382 e. The molecule has 0 aliphatic carbocycles. The lowest BCUT2D eigenvalue weighted by Gasteiger charge is -2.11. The van der Waals surface area contributed by atoms with E-state index in [1.807, 2.05) is 0 Å². The number of aromatic nitrogens is 2. The Bertz CT molecular complexity index is 539. The Hall–Kier alpha value is -1.88. The van der Waals surface area contributed by atoms with Crippen LogP contribution in [0.5, 0.6) is 0 Å². The molecule has 4 nitrogen and oxygen atoms in total. The molecule has 0 saturated carbocycles. The van der Waals surface area contributed by atoms with E-state index in [2.05, 4.69) is 15.3 Å². The molecule has 1 aromatic heterocycles. The smallest absolute Gasteiger partial charge is 0.154 e. The summed E-state index contributed by atoms with van der Waals surface area (Å²) in [4.78, 5) is 7.64. The van der Waals surface area contributed by atoms with Crippen molar-refractivity contribution >= 4 is 28.9 Å². The highest BCUT2D eigenvalue weighted by atomic mass is 35.5. The molecule has 0 atom stereocenters. The van der Waals surface area contributed by atoms with Crippen molar-refractivity contribution in [2.45, 2.75) is 6.92 Å². The third kappa shape index (κ3) is 2.29. The summed E-state index contributed by atoms with van der Waals surface area (Å²) < 4.78 is 13.6. The van der Waals surface area contributed by atoms with Crippen LogP contribution in [0, 0.1) is 12.7 Å². The summed E-state index contributed by atoms with van der Waals surface area (Å²) in [5, 5.41) is 2.99. The summed E-state index contributed by atoms with van der Waals surface area (Å²) in [7, 11) is 0. The molecule has 0 amide bonds. The first-order valence-corrected chi connectivity index (χ1v) is 5.25. The van der Waals surface area contributed by atoms with Gasteiger partial charge in [-0.1, -0.05) is 23.7 Å². The highest BCUT2D eigenvalue weighted by Crippen LogP contribution is 2.29. The summed E-state index contributed by atoms with van der Waals surface area (Å²) in [5.41, 5.74) is 6.61. The molecular weight excluding hydrogens is 243 g/mol. The molecule has 2 rings (SSSR count). The average molecular weight is 253 g/mol. The maximum absolute atomic E-state index is 13.6. The molecule has 0 spiro atoms. The van der Waals surface area contributed by atoms with Gasteiger partial charge < -0.3 is 11.1 Å². The second kappa shape index (κ2) is 4.55. The number of rotatable bonds is 2.